The summed E-state index contributed by atoms with van der Waals surface area (Å²) < 4.78 is 0. The monoisotopic (exact) mass is 200 g/mol. The maximum Gasteiger partial charge on any atom is 0.221 e. The van der Waals surface area contributed by atoms with Crippen molar-refractivity contribution in [3.05, 3.63) is 0 Å². The SMILES string of the molecule is CC(O)CCNC(=O)CCNC1CC1. The number of aliphatic hydroxyl groups is 1. The van der Waals surface area contributed by atoms with Crippen molar-refractivity contribution in [1.82, 2.24) is 10.6 Å². The molecule has 0 bridgehead atoms. The van der Waals surface area contributed by atoms with Crippen molar-refractivity contribution in [2.75, 3.05) is 13.1 Å². The molecule has 0 aromatic heterocycles. The predicted octanol–water partition coefficient (Wildman–Crippen LogP) is 0.0156. The lowest BCUT2D eigenvalue weighted by atomic mass is 10.3. The van der Waals surface area contributed by atoms with E-state index in [-0.39, 0.29) is 12.0 Å². The smallest absolute Gasteiger partial charge is 0.221 e. The van der Waals surface area contributed by atoms with Gasteiger partial charge in [-0.3, -0.25) is 4.79 Å². The van der Waals surface area contributed by atoms with Gasteiger partial charge in [0.2, 0.25) is 5.91 Å². The van der Waals surface area contributed by atoms with E-state index in [9.17, 15) is 4.79 Å². The molecule has 1 unspecified atom stereocenters. The second kappa shape index (κ2) is 5.98. The summed E-state index contributed by atoms with van der Waals surface area (Å²) in [6, 6.07) is 0.667. The Kier molecular flexibility index (Phi) is 4.90. The van der Waals surface area contributed by atoms with Gasteiger partial charge >= 0.3 is 0 Å². The van der Waals surface area contributed by atoms with Crippen molar-refractivity contribution >= 4 is 5.91 Å². The minimum atomic E-state index is -0.333. The molecule has 4 heteroatoms. The highest BCUT2D eigenvalue weighted by Crippen LogP contribution is 2.18. The lowest BCUT2D eigenvalue weighted by Crippen LogP contribution is -2.30. The summed E-state index contributed by atoms with van der Waals surface area (Å²) >= 11 is 0. The molecule has 0 saturated heterocycles. The Morgan fingerprint density at radius 3 is 2.79 bits per heavy atom. The van der Waals surface area contributed by atoms with Crippen LogP contribution in [-0.4, -0.2) is 36.2 Å². The van der Waals surface area contributed by atoms with Crippen LogP contribution in [0.2, 0.25) is 0 Å². The number of rotatable bonds is 7. The lowest BCUT2D eigenvalue weighted by molar-refractivity contribution is -0.121. The lowest BCUT2D eigenvalue weighted by Gasteiger charge is -2.06. The molecule has 1 amide bonds. The Labute approximate surface area is 85.1 Å². The standard InChI is InChI=1S/C10H20N2O2/c1-8(13)4-6-12-10(14)5-7-11-9-2-3-9/h8-9,11,13H,2-7H2,1H3,(H,12,14). The molecule has 1 aliphatic carbocycles. The van der Waals surface area contributed by atoms with E-state index in [1.807, 2.05) is 0 Å². The van der Waals surface area contributed by atoms with Crippen molar-refractivity contribution in [2.45, 2.75) is 44.8 Å². The summed E-state index contributed by atoms with van der Waals surface area (Å²) in [5, 5.41) is 15.0. The second-order valence-corrected chi connectivity index (χ2v) is 3.97. The first-order valence-corrected chi connectivity index (χ1v) is 5.36. The molecular formula is C10H20N2O2. The average Bonchev–Trinajstić information content (AvgIpc) is 2.87. The fraction of sp³-hybridized carbons (Fsp3) is 0.900. The van der Waals surface area contributed by atoms with Crippen LogP contribution in [-0.2, 0) is 4.79 Å². The predicted molar refractivity (Wildman–Crippen MR) is 54.9 cm³/mol. The highest BCUT2D eigenvalue weighted by atomic mass is 16.3. The molecule has 4 nitrogen and oxygen atoms in total. The molecule has 82 valence electrons. The third-order valence-corrected chi connectivity index (χ3v) is 2.25. The zero-order valence-corrected chi connectivity index (χ0v) is 8.75. The molecular weight excluding hydrogens is 180 g/mol. The molecule has 0 heterocycles. The third-order valence-electron chi connectivity index (χ3n) is 2.25. The summed E-state index contributed by atoms with van der Waals surface area (Å²) in [6.45, 7) is 3.06. The summed E-state index contributed by atoms with van der Waals surface area (Å²) in [7, 11) is 0. The molecule has 1 aliphatic rings. The minimum Gasteiger partial charge on any atom is -0.393 e. The molecule has 0 aromatic rings. The molecule has 1 saturated carbocycles. The Morgan fingerprint density at radius 1 is 1.50 bits per heavy atom. The summed E-state index contributed by atoms with van der Waals surface area (Å²) in [5.41, 5.74) is 0. The highest BCUT2D eigenvalue weighted by molar-refractivity contribution is 5.75. The highest BCUT2D eigenvalue weighted by Gasteiger charge is 2.19. The van der Waals surface area contributed by atoms with E-state index in [0.717, 1.165) is 6.54 Å². The minimum absolute atomic E-state index is 0.0683. The number of carbonyl (C=O) groups excluding carboxylic acids is 1. The first kappa shape index (κ1) is 11.5. The van der Waals surface area contributed by atoms with E-state index < -0.39 is 0 Å². The van der Waals surface area contributed by atoms with E-state index >= 15 is 0 Å². The van der Waals surface area contributed by atoms with Crippen LogP contribution >= 0.6 is 0 Å². The molecule has 0 radical (unpaired) electrons. The molecule has 3 N–H and O–H groups in total. The van der Waals surface area contributed by atoms with Gasteiger partial charge in [0.15, 0.2) is 0 Å². The van der Waals surface area contributed by atoms with Gasteiger partial charge in [0.25, 0.3) is 0 Å². The van der Waals surface area contributed by atoms with Crippen LogP contribution in [0.15, 0.2) is 0 Å². The van der Waals surface area contributed by atoms with Crippen molar-refractivity contribution < 1.29 is 9.90 Å². The molecule has 0 spiro atoms. The van der Waals surface area contributed by atoms with Gasteiger partial charge in [0.1, 0.15) is 0 Å². The van der Waals surface area contributed by atoms with E-state index in [0.29, 0.717) is 25.4 Å². The van der Waals surface area contributed by atoms with Gasteiger partial charge in [0, 0.05) is 25.6 Å². The molecule has 1 fully saturated rings. The van der Waals surface area contributed by atoms with Crippen molar-refractivity contribution in [2.24, 2.45) is 0 Å². The number of amides is 1. The van der Waals surface area contributed by atoms with Crippen LogP contribution in [0.25, 0.3) is 0 Å². The zero-order chi connectivity index (χ0) is 10.4. The zero-order valence-electron chi connectivity index (χ0n) is 8.75. The van der Waals surface area contributed by atoms with Crippen LogP contribution in [0, 0.1) is 0 Å². The van der Waals surface area contributed by atoms with Crippen molar-refractivity contribution in [3.63, 3.8) is 0 Å². The van der Waals surface area contributed by atoms with Crippen LogP contribution in [0.1, 0.15) is 32.6 Å². The Balaban J connectivity index is 1.87. The van der Waals surface area contributed by atoms with Crippen molar-refractivity contribution in [3.8, 4) is 0 Å². The van der Waals surface area contributed by atoms with Crippen LogP contribution in [0.5, 0.6) is 0 Å². The first-order valence-electron chi connectivity index (χ1n) is 5.36. The van der Waals surface area contributed by atoms with Gasteiger partial charge in [-0.15, -0.1) is 0 Å². The molecule has 14 heavy (non-hydrogen) atoms. The fourth-order valence-corrected chi connectivity index (χ4v) is 1.19. The van der Waals surface area contributed by atoms with Crippen LogP contribution in [0.4, 0.5) is 0 Å². The Hall–Kier alpha value is -0.610. The van der Waals surface area contributed by atoms with Gasteiger partial charge in [-0.1, -0.05) is 0 Å². The Morgan fingerprint density at radius 2 is 2.21 bits per heavy atom. The third kappa shape index (κ3) is 5.94. The molecule has 1 rings (SSSR count). The first-order chi connectivity index (χ1) is 6.68. The normalized spacial score (nSPS) is 17.9. The van der Waals surface area contributed by atoms with Gasteiger partial charge in [-0.05, 0) is 26.2 Å². The van der Waals surface area contributed by atoms with Crippen LogP contribution in [0.3, 0.4) is 0 Å². The number of hydrogen-bond donors (Lipinski definition) is 3. The van der Waals surface area contributed by atoms with Crippen LogP contribution < -0.4 is 10.6 Å². The molecule has 0 aromatic carbocycles. The van der Waals surface area contributed by atoms with E-state index in [2.05, 4.69) is 10.6 Å². The average molecular weight is 200 g/mol. The second-order valence-electron chi connectivity index (χ2n) is 3.97. The van der Waals surface area contributed by atoms with Crippen molar-refractivity contribution in [1.29, 1.82) is 0 Å². The van der Waals surface area contributed by atoms with Gasteiger partial charge in [-0.2, -0.15) is 0 Å². The molecule has 0 aliphatic heterocycles. The fourth-order valence-electron chi connectivity index (χ4n) is 1.19. The Bertz CT molecular complexity index is 169. The quantitative estimate of drug-likeness (QED) is 0.543. The number of hydrogen-bond acceptors (Lipinski definition) is 3. The maximum absolute atomic E-state index is 11.2. The summed E-state index contributed by atoms with van der Waals surface area (Å²) in [5.74, 6) is 0.0683. The largest absolute Gasteiger partial charge is 0.393 e. The van der Waals surface area contributed by atoms with E-state index in [4.69, 9.17) is 5.11 Å². The van der Waals surface area contributed by atoms with Gasteiger partial charge in [0.05, 0.1) is 6.10 Å². The topological polar surface area (TPSA) is 61.4 Å². The number of carbonyl (C=O) groups is 1. The van der Waals surface area contributed by atoms with Gasteiger partial charge < -0.3 is 15.7 Å². The maximum atomic E-state index is 11.2. The summed E-state index contributed by atoms with van der Waals surface area (Å²) in [6.07, 6.45) is 3.34. The summed E-state index contributed by atoms with van der Waals surface area (Å²) in [4.78, 5) is 11.2. The van der Waals surface area contributed by atoms with E-state index in [1.54, 1.807) is 6.92 Å². The number of aliphatic hydroxyl groups excluding tert-OH is 1. The van der Waals surface area contributed by atoms with Gasteiger partial charge in [-0.25, -0.2) is 0 Å². The molecule has 1 atom stereocenters. The van der Waals surface area contributed by atoms with E-state index in [1.165, 1.54) is 12.8 Å². The number of nitrogens with one attached hydrogen (secondary N) is 2.